The maximum absolute atomic E-state index is 11.9. The minimum atomic E-state index is 0.321. The van der Waals surface area contributed by atoms with Gasteiger partial charge in [-0.25, -0.2) is 0 Å². The molecule has 0 heterocycles. The second kappa shape index (κ2) is 4.38. The lowest BCUT2D eigenvalue weighted by atomic mass is 9.70. The molecule has 0 aliphatic heterocycles. The summed E-state index contributed by atoms with van der Waals surface area (Å²) in [5.41, 5.74) is 0.398. The monoisotopic (exact) mass is 223 g/mol. The molecule has 2 nitrogen and oxygen atoms in total. The number of carbonyl (C=O) groups is 1. The van der Waals surface area contributed by atoms with E-state index in [1.165, 1.54) is 19.3 Å². The van der Waals surface area contributed by atoms with Crippen LogP contribution in [0, 0.1) is 17.3 Å². The minimum absolute atomic E-state index is 0.321. The first-order valence-corrected chi connectivity index (χ1v) is 6.77. The molecule has 2 aliphatic rings. The zero-order valence-corrected chi connectivity index (χ0v) is 10.9. The second-order valence-electron chi connectivity index (χ2n) is 6.75. The van der Waals surface area contributed by atoms with Gasteiger partial charge in [0.1, 0.15) is 0 Å². The maximum Gasteiger partial charge on any atom is 0.223 e. The van der Waals surface area contributed by atoms with Crippen LogP contribution in [0.5, 0.6) is 0 Å². The van der Waals surface area contributed by atoms with Crippen molar-refractivity contribution in [2.75, 3.05) is 0 Å². The van der Waals surface area contributed by atoms with Crippen molar-refractivity contribution in [2.45, 2.75) is 65.3 Å². The number of hydrogen-bond acceptors (Lipinski definition) is 1. The second-order valence-corrected chi connectivity index (χ2v) is 6.75. The average Bonchev–Trinajstić information content (AvgIpc) is 1.94. The minimum Gasteiger partial charge on any atom is -0.353 e. The summed E-state index contributed by atoms with van der Waals surface area (Å²) in [6.07, 6.45) is 7.07. The molecule has 0 aromatic heterocycles. The van der Waals surface area contributed by atoms with Gasteiger partial charge in [-0.3, -0.25) is 4.79 Å². The molecule has 1 N–H and O–H groups in total. The lowest BCUT2D eigenvalue weighted by Gasteiger charge is -2.40. The van der Waals surface area contributed by atoms with E-state index in [0.29, 0.717) is 23.3 Å². The lowest BCUT2D eigenvalue weighted by Crippen LogP contribution is -2.46. The molecule has 2 aliphatic carbocycles. The van der Waals surface area contributed by atoms with Crippen molar-refractivity contribution in [3.8, 4) is 0 Å². The number of hydrogen-bond donors (Lipinski definition) is 1. The summed E-state index contributed by atoms with van der Waals surface area (Å²) in [4.78, 5) is 11.9. The summed E-state index contributed by atoms with van der Waals surface area (Å²) >= 11 is 0. The molecule has 2 saturated carbocycles. The van der Waals surface area contributed by atoms with Crippen molar-refractivity contribution in [1.29, 1.82) is 0 Å². The van der Waals surface area contributed by atoms with Crippen molar-refractivity contribution in [3.63, 3.8) is 0 Å². The molecule has 2 atom stereocenters. The standard InChI is InChI=1S/C14H25NO/c1-10-7-12(9-14(2,3)8-10)15-13(16)11-5-4-6-11/h10-12H,4-9H2,1-3H3,(H,15,16)/t10-,12-/m1/s1. The van der Waals surface area contributed by atoms with Gasteiger partial charge in [0.05, 0.1) is 0 Å². The van der Waals surface area contributed by atoms with Crippen LogP contribution >= 0.6 is 0 Å². The van der Waals surface area contributed by atoms with E-state index in [1.807, 2.05) is 0 Å². The summed E-state index contributed by atoms with van der Waals surface area (Å²) in [6, 6.07) is 0.423. The Morgan fingerprint density at radius 2 is 1.94 bits per heavy atom. The van der Waals surface area contributed by atoms with E-state index in [1.54, 1.807) is 0 Å². The zero-order valence-electron chi connectivity index (χ0n) is 10.9. The number of amides is 1. The van der Waals surface area contributed by atoms with Gasteiger partial charge in [0.25, 0.3) is 0 Å². The first-order chi connectivity index (χ1) is 7.46. The van der Waals surface area contributed by atoms with Gasteiger partial charge in [-0.1, -0.05) is 27.2 Å². The summed E-state index contributed by atoms with van der Waals surface area (Å²) in [6.45, 7) is 6.96. The quantitative estimate of drug-likeness (QED) is 0.765. The van der Waals surface area contributed by atoms with Crippen LogP contribution in [0.15, 0.2) is 0 Å². The summed E-state index contributed by atoms with van der Waals surface area (Å²) in [7, 11) is 0. The van der Waals surface area contributed by atoms with Crippen molar-refractivity contribution >= 4 is 5.91 Å². The maximum atomic E-state index is 11.9. The number of nitrogens with one attached hydrogen (secondary N) is 1. The molecule has 0 saturated heterocycles. The molecule has 0 aromatic carbocycles. The van der Waals surface area contributed by atoms with Crippen molar-refractivity contribution < 1.29 is 4.79 Å². The van der Waals surface area contributed by atoms with Gasteiger partial charge in [-0.05, 0) is 43.4 Å². The van der Waals surface area contributed by atoms with Crippen LogP contribution < -0.4 is 5.32 Å². The first kappa shape index (κ1) is 11.9. The Kier molecular flexibility index (Phi) is 3.27. The Bertz CT molecular complexity index is 268. The van der Waals surface area contributed by atoms with Gasteiger partial charge < -0.3 is 5.32 Å². The van der Waals surface area contributed by atoms with Gasteiger partial charge >= 0.3 is 0 Å². The molecule has 92 valence electrons. The molecule has 2 fully saturated rings. The topological polar surface area (TPSA) is 29.1 Å². The fraction of sp³-hybridized carbons (Fsp3) is 0.929. The van der Waals surface area contributed by atoms with Gasteiger partial charge in [0.15, 0.2) is 0 Å². The molecule has 0 aromatic rings. The Labute approximate surface area is 99.2 Å². The van der Waals surface area contributed by atoms with Crippen LogP contribution in [0.25, 0.3) is 0 Å². The van der Waals surface area contributed by atoms with Gasteiger partial charge in [-0.15, -0.1) is 0 Å². The normalized spacial score (nSPS) is 34.2. The van der Waals surface area contributed by atoms with Crippen LogP contribution in [0.2, 0.25) is 0 Å². The summed E-state index contributed by atoms with van der Waals surface area (Å²) in [5.74, 6) is 1.40. The molecule has 0 radical (unpaired) electrons. The molecule has 2 heteroatoms. The number of rotatable bonds is 2. The van der Waals surface area contributed by atoms with E-state index in [0.717, 1.165) is 25.2 Å². The predicted octanol–water partition coefficient (Wildman–Crippen LogP) is 3.12. The van der Waals surface area contributed by atoms with E-state index < -0.39 is 0 Å². The molecule has 16 heavy (non-hydrogen) atoms. The smallest absolute Gasteiger partial charge is 0.223 e. The van der Waals surface area contributed by atoms with Gasteiger partial charge in [-0.2, -0.15) is 0 Å². The fourth-order valence-electron chi connectivity index (χ4n) is 3.45. The fourth-order valence-corrected chi connectivity index (χ4v) is 3.45. The molecule has 0 spiro atoms. The van der Waals surface area contributed by atoms with Crippen LogP contribution in [0.1, 0.15) is 59.3 Å². The Morgan fingerprint density at radius 3 is 2.44 bits per heavy atom. The molecule has 1 amide bonds. The van der Waals surface area contributed by atoms with E-state index in [-0.39, 0.29) is 0 Å². The number of carbonyl (C=O) groups excluding carboxylic acids is 1. The Balaban J connectivity index is 1.86. The Hall–Kier alpha value is -0.530. The van der Waals surface area contributed by atoms with Crippen molar-refractivity contribution in [3.05, 3.63) is 0 Å². The van der Waals surface area contributed by atoms with Crippen LogP contribution in [-0.2, 0) is 4.79 Å². The van der Waals surface area contributed by atoms with E-state index in [4.69, 9.17) is 0 Å². The van der Waals surface area contributed by atoms with Crippen LogP contribution in [-0.4, -0.2) is 11.9 Å². The van der Waals surface area contributed by atoms with Crippen LogP contribution in [0.4, 0.5) is 0 Å². The van der Waals surface area contributed by atoms with Gasteiger partial charge in [0, 0.05) is 12.0 Å². The van der Waals surface area contributed by atoms with E-state index in [2.05, 4.69) is 26.1 Å². The third-order valence-electron chi connectivity index (χ3n) is 4.21. The third-order valence-corrected chi connectivity index (χ3v) is 4.21. The lowest BCUT2D eigenvalue weighted by molar-refractivity contribution is -0.128. The molecular formula is C14H25NO. The summed E-state index contributed by atoms with van der Waals surface area (Å²) < 4.78 is 0. The highest BCUT2D eigenvalue weighted by atomic mass is 16.2. The molecule has 0 unspecified atom stereocenters. The highest BCUT2D eigenvalue weighted by Crippen LogP contribution is 2.38. The molecule has 2 rings (SSSR count). The highest BCUT2D eigenvalue weighted by Gasteiger charge is 2.34. The van der Waals surface area contributed by atoms with E-state index in [9.17, 15) is 4.79 Å². The van der Waals surface area contributed by atoms with Gasteiger partial charge in [0.2, 0.25) is 5.91 Å². The zero-order chi connectivity index (χ0) is 11.8. The molecular weight excluding hydrogens is 198 g/mol. The van der Waals surface area contributed by atoms with Crippen molar-refractivity contribution in [1.82, 2.24) is 5.32 Å². The largest absolute Gasteiger partial charge is 0.353 e. The molecule has 0 bridgehead atoms. The van der Waals surface area contributed by atoms with E-state index >= 15 is 0 Å². The predicted molar refractivity (Wildman–Crippen MR) is 66.1 cm³/mol. The average molecular weight is 223 g/mol. The third kappa shape index (κ3) is 2.78. The Morgan fingerprint density at radius 1 is 1.25 bits per heavy atom. The summed E-state index contributed by atoms with van der Waals surface area (Å²) in [5, 5.41) is 3.27. The SMILES string of the molecule is C[C@@H]1C[C@@H](NC(=O)C2CCC2)CC(C)(C)C1. The van der Waals surface area contributed by atoms with Crippen LogP contribution in [0.3, 0.4) is 0 Å². The highest BCUT2D eigenvalue weighted by molar-refractivity contribution is 5.79. The first-order valence-electron chi connectivity index (χ1n) is 6.77. The van der Waals surface area contributed by atoms with Crippen molar-refractivity contribution in [2.24, 2.45) is 17.3 Å².